The van der Waals surface area contributed by atoms with Gasteiger partial charge in [-0.3, -0.25) is 14.6 Å². The normalized spacial score (nSPS) is 21.9. The smallest absolute Gasteiger partial charge is 0.414 e. The van der Waals surface area contributed by atoms with E-state index in [4.69, 9.17) is 14.2 Å². The number of ether oxygens (including phenoxy) is 3. The molecule has 2 amide bonds. The van der Waals surface area contributed by atoms with Crippen LogP contribution < -0.4 is 19.7 Å². The molecule has 11 heteroatoms. The fourth-order valence-electron chi connectivity index (χ4n) is 4.80. The fraction of sp³-hybridized carbons (Fsp3) is 0.360. The largest absolute Gasteiger partial charge is 0.497 e. The van der Waals surface area contributed by atoms with E-state index in [1.54, 1.807) is 12.0 Å². The maximum atomic E-state index is 12.6. The van der Waals surface area contributed by atoms with E-state index in [2.05, 4.69) is 20.2 Å². The summed E-state index contributed by atoms with van der Waals surface area (Å²) in [6, 6.07) is 11.3. The molecule has 0 radical (unpaired) electrons. The highest BCUT2D eigenvalue weighted by Crippen LogP contribution is 2.35. The Morgan fingerprint density at radius 3 is 2.97 bits per heavy atom. The Labute approximate surface area is 211 Å². The Morgan fingerprint density at radius 2 is 2.08 bits per heavy atom. The first-order chi connectivity index (χ1) is 17.6. The second-order valence-corrected chi connectivity index (χ2v) is 10.0. The highest BCUT2D eigenvalue weighted by atomic mass is 32.2. The summed E-state index contributed by atoms with van der Waals surface area (Å²) in [6.07, 6.45) is 1.71. The van der Waals surface area contributed by atoms with Gasteiger partial charge in [0.2, 0.25) is 11.8 Å². The minimum absolute atomic E-state index is 0.0238. The van der Waals surface area contributed by atoms with E-state index < -0.39 is 0 Å². The molecular weight excluding hydrogens is 482 g/mol. The lowest BCUT2D eigenvalue weighted by molar-refractivity contribution is -0.113. The van der Waals surface area contributed by atoms with Crippen LogP contribution in [0.5, 0.6) is 11.6 Å². The summed E-state index contributed by atoms with van der Waals surface area (Å²) in [6.45, 7) is 2.63. The predicted octanol–water partition coefficient (Wildman–Crippen LogP) is 3.16. The first-order valence-corrected chi connectivity index (χ1v) is 12.8. The SMILES string of the molecule is COc1ccc2ncnc(O[C@H]3CCN(C[C@@H]4CN(c5ccc6c(c5)NC(=O)CS6)C(=O)O4)C3)c2c1. The van der Waals surface area contributed by atoms with Gasteiger partial charge < -0.3 is 19.5 Å². The molecular formula is C25H25N5O5S. The first-order valence-electron chi connectivity index (χ1n) is 11.8. The number of carbonyl (C=O) groups is 2. The molecule has 2 fully saturated rings. The number of rotatable bonds is 6. The van der Waals surface area contributed by atoms with Crippen LogP contribution in [-0.4, -0.2) is 78.1 Å². The maximum absolute atomic E-state index is 12.6. The lowest BCUT2D eigenvalue weighted by Crippen LogP contribution is -2.34. The van der Waals surface area contributed by atoms with Gasteiger partial charge in [0.15, 0.2) is 0 Å². The van der Waals surface area contributed by atoms with Crippen LogP contribution >= 0.6 is 11.8 Å². The maximum Gasteiger partial charge on any atom is 0.414 e. The molecule has 1 aromatic heterocycles. The zero-order chi connectivity index (χ0) is 24.6. The summed E-state index contributed by atoms with van der Waals surface area (Å²) in [5.74, 6) is 1.64. The molecule has 6 rings (SSSR count). The molecule has 0 bridgehead atoms. The fourth-order valence-corrected chi connectivity index (χ4v) is 5.59. The summed E-state index contributed by atoms with van der Waals surface area (Å²) in [5, 5.41) is 3.69. The van der Waals surface area contributed by atoms with Gasteiger partial charge in [0.05, 0.1) is 36.0 Å². The van der Waals surface area contributed by atoms with Crippen LogP contribution in [0.2, 0.25) is 0 Å². The Hall–Kier alpha value is -3.57. The molecule has 36 heavy (non-hydrogen) atoms. The summed E-state index contributed by atoms with van der Waals surface area (Å²) in [7, 11) is 1.62. The average molecular weight is 508 g/mol. The Bertz CT molecular complexity index is 1340. The van der Waals surface area contributed by atoms with Crippen molar-refractivity contribution in [3.8, 4) is 11.6 Å². The second kappa shape index (κ2) is 9.47. The Balaban J connectivity index is 1.08. The van der Waals surface area contributed by atoms with Crippen LogP contribution in [0, 0.1) is 0 Å². The van der Waals surface area contributed by atoms with Crippen LogP contribution in [0.3, 0.4) is 0 Å². The zero-order valence-corrected chi connectivity index (χ0v) is 20.5. The van der Waals surface area contributed by atoms with Crippen LogP contribution in [-0.2, 0) is 9.53 Å². The number of carbonyl (C=O) groups excluding carboxylic acids is 2. The molecule has 186 valence electrons. The average Bonchev–Trinajstić information content (AvgIpc) is 3.49. The molecule has 0 aliphatic carbocycles. The van der Waals surface area contributed by atoms with Crippen molar-refractivity contribution in [3.05, 3.63) is 42.7 Å². The van der Waals surface area contributed by atoms with Crippen LogP contribution in [0.4, 0.5) is 16.2 Å². The van der Waals surface area contributed by atoms with Crippen LogP contribution in [0.25, 0.3) is 10.9 Å². The molecule has 1 N–H and O–H groups in total. The Morgan fingerprint density at radius 1 is 1.17 bits per heavy atom. The predicted molar refractivity (Wildman–Crippen MR) is 135 cm³/mol. The molecule has 0 saturated carbocycles. The van der Waals surface area contributed by atoms with Crippen molar-refractivity contribution in [1.82, 2.24) is 14.9 Å². The van der Waals surface area contributed by atoms with Gasteiger partial charge in [-0.1, -0.05) is 0 Å². The van der Waals surface area contributed by atoms with E-state index in [0.29, 0.717) is 31.3 Å². The van der Waals surface area contributed by atoms with Gasteiger partial charge in [-0.25, -0.2) is 14.8 Å². The number of nitrogens with one attached hydrogen (secondary N) is 1. The van der Waals surface area contributed by atoms with E-state index in [1.807, 2.05) is 36.4 Å². The van der Waals surface area contributed by atoms with E-state index in [9.17, 15) is 9.59 Å². The van der Waals surface area contributed by atoms with Gasteiger partial charge in [0.25, 0.3) is 0 Å². The molecule has 3 aliphatic rings. The van der Waals surface area contributed by atoms with Crippen molar-refractivity contribution >= 4 is 46.0 Å². The molecule has 2 saturated heterocycles. The number of thioether (sulfide) groups is 1. The van der Waals surface area contributed by atoms with Crippen molar-refractivity contribution in [3.63, 3.8) is 0 Å². The van der Waals surface area contributed by atoms with E-state index in [0.717, 1.165) is 45.9 Å². The van der Waals surface area contributed by atoms with Crippen molar-refractivity contribution in [2.24, 2.45) is 0 Å². The molecule has 4 heterocycles. The lowest BCUT2D eigenvalue weighted by atomic mass is 10.2. The van der Waals surface area contributed by atoms with Gasteiger partial charge in [-0.2, -0.15) is 0 Å². The van der Waals surface area contributed by atoms with Gasteiger partial charge in [0, 0.05) is 30.2 Å². The molecule has 0 unspecified atom stereocenters. The Kier molecular flexibility index (Phi) is 6.02. The minimum atomic E-state index is -0.372. The standard InChI is InChI=1S/C25H25N5O5S/c1-33-16-3-4-20-19(9-16)24(27-14-26-20)34-17-6-7-29(10-17)11-18-12-30(25(32)35-18)15-2-5-22-21(8-15)28-23(31)13-36-22/h2-5,8-9,14,17-18H,6-7,10-13H2,1H3,(H,28,31)/t17-,18+/m0/s1. The first kappa shape index (κ1) is 22.9. The van der Waals surface area contributed by atoms with E-state index in [1.165, 1.54) is 18.1 Å². The van der Waals surface area contributed by atoms with Crippen molar-refractivity contribution in [2.75, 3.05) is 49.3 Å². The van der Waals surface area contributed by atoms with E-state index >= 15 is 0 Å². The molecule has 10 nitrogen and oxygen atoms in total. The summed E-state index contributed by atoms with van der Waals surface area (Å²) in [4.78, 5) is 37.9. The molecule has 2 aromatic carbocycles. The third-order valence-corrected chi connectivity index (χ3v) is 7.63. The summed E-state index contributed by atoms with van der Waals surface area (Å²) >= 11 is 1.49. The number of fused-ring (bicyclic) bond motifs is 2. The van der Waals surface area contributed by atoms with Gasteiger partial charge >= 0.3 is 6.09 Å². The lowest BCUT2D eigenvalue weighted by Gasteiger charge is -2.21. The van der Waals surface area contributed by atoms with E-state index in [-0.39, 0.29) is 24.2 Å². The van der Waals surface area contributed by atoms with Crippen molar-refractivity contribution < 1.29 is 23.8 Å². The number of benzene rings is 2. The number of methoxy groups -OCH3 is 1. The number of anilines is 2. The van der Waals surface area contributed by atoms with Crippen LogP contribution in [0.15, 0.2) is 47.6 Å². The summed E-state index contributed by atoms with van der Waals surface area (Å²) < 4.78 is 17.3. The zero-order valence-electron chi connectivity index (χ0n) is 19.7. The highest BCUT2D eigenvalue weighted by Gasteiger charge is 2.36. The monoisotopic (exact) mass is 507 g/mol. The van der Waals surface area contributed by atoms with Crippen LogP contribution in [0.1, 0.15) is 6.42 Å². The molecule has 2 atom stereocenters. The van der Waals surface area contributed by atoms with Crippen molar-refractivity contribution in [1.29, 1.82) is 0 Å². The number of aromatic nitrogens is 2. The summed E-state index contributed by atoms with van der Waals surface area (Å²) in [5.41, 5.74) is 2.26. The molecule has 3 aromatic rings. The highest BCUT2D eigenvalue weighted by molar-refractivity contribution is 8.00. The number of nitrogens with zero attached hydrogens (tertiary/aromatic N) is 4. The third-order valence-electron chi connectivity index (χ3n) is 6.56. The number of hydrogen-bond acceptors (Lipinski definition) is 9. The van der Waals surface area contributed by atoms with Gasteiger partial charge in [-0.15, -0.1) is 11.8 Å². The van der Waals surface area contributed by atoms with Crippen molar-refractivity contribution in [2.45, 2.75) is 23.5 Å². The number of likely N-dealkylation sites (tertiary alicyclic amines) is 1. The van der Waals surface area contributed by atoms with Gasteiger partial charge in [-0.05, 0) is 42.8 Å². The minimum Gasteiger partial charge on any atom is -0.497 e. The topological polar surface area (TPSA) is 106 Å². The molecule has 0 spiro atoms. The number of cyclic esters (lactones) is 1. The van der Waals surface area contributed by atoms with Gasteiger partial charge in [0.1, 0.15) is 24.3 Å². The number of hydrogen-bond donors (Lipinski definition) is 1. The third kappa shape index (κ3) is 4.51. The second-order valence-electron chi connectivity index (χ2n) is 8.98. The quantitative estimate of drug-likeness (QED) is 0.538. The number of amides is 2. The molecule has 3 aliphatic heterocycles.